The third kappa shape index (κ3) is 10.0. The quantitative estimate of drug-likeness (QED) is 0.346. The van der Waals surface area contributed by atoms with Crippen LogP contribution >= 0.6 is 0 Å². The van der Waals surface area contributed by atoms with Crippen molar-refractivity contribution in [3.8, 4) is 5.75 Å². The summed E-state index contributed by atoms with van der Waals surface area (Å²) in [5.41, 5.74) is 0.430. The largest absolute Gasteiger partial charge is 1.00 e. The van der Waals surface area contributed by atoms with Crippen LogP contribution in [0.25, 0.3) is 0 Å². The van der Waals surface area contributed by atoms with Crippen molar-refractivity contribution in [3.63, 3.8) is 0 Å². The third-order valence-electron chi connectivity index (χ3n) is 4.11. The van der Waals surface area contributed by atoms with E-state index in [1.165, 1.54) is 63.1 Å². The molecule has 0 heterocycles. The molecule has 0 aliphatic carbocycles. The molecule has 0 saturated carbocycles. The van der Waals surface area contributed by atoms with E-state index in [-0.39, 0.29) is 40.2 Å². The molecule has 132 valence electrons. The van der Waals surface area contributed by atoms with Crippen LogP contribution in [0, 0.1) is 0 Å². The van der Waals surface area contributed by atoms with Crippen LogP contribution in [0.3, 0.4) is 0 Å². The molecule has 4 nitrogen and oxygen atoms in total. The second-order valence-corrected chi connectivity index (χ2v) is 7.57. The predicted octanol–water partition coefficient (Wildman–Crippen LogP) is 1.47. The molecular formula is C18H29NaO4S. The number of hydrogen-bond donors (Lipinski definition) is 1. The maximum Gasteiger partial charge on any atom is 1.00 e. The Balaban J connectivity index is 0.00000529. The second kappa shape index (κ2) is 13.2. The van der Waals surface area contributed by atoms with Crippen molar-refractivity contribution in [1.29, 1.82) is 0 Å². The van der Waals surface area contributed by atoms with Gasteiger partial charge in [0.1, 0.15) is 0 Å². The van der Waals surface area contributed by atoms with Crippen LogP contribution in [0.15, 0.2) is 23.1 Å². The summed E-state index contributed by atoms with van der Waals surface area (Å²) in [5, 5.41) is 11.4. The fraction of sp³-hybridized carbons (Fsp3) is 0.667. The minimum absolute atomic E-state index is 0. The van der Waals surface area contributed by atoms with Gasteiger partial charge in [0, 0.05) is 0 Å². The van der Waals surface area contributed by atoms with Gasteiger partial charge in [-0.15, -0.1) is 5.75 Å². The van der Waals surface area contributed by atoms with Gasteiger partial charge in [-0.1, -0.05) is 76.8 Å². The SMILES string of the molecule is CCCCCCCCCCCCc1cc([O-])ccc1S(=O)(=O)O.[Na+]. The van der Waals surface area contributed by atoms with E-state index in [2.05, 4.69) is 6.92 Å². The van der Waals surface area contributed by atoms with Gasteiger partial charge < -0.3 is 5.11 Å². The Bertz CT molecular complexity index is 558. The molecule has 1 aromatic carbocycles. The summed E-state index contributed by atoms with van der Waals surface area (Å²) in [6, 6.07) is 3.69. The molecular weight excluding hydrogens is 335 g/mol. The van der Waals surface area contributed by atoms with Crippen LogP contribution in [0.1, 0.15) is 76.7 Å². The molecule has 0 saturated heterocycles. The number of unbranched alkanes of at least 4 members (excludes halogenated alkanes) is 9. The first kappa shape index (κ1) is 23.9. The van der Waals surface area contributed by atoms with E-state index < -0.39 is 10.1 Å². The third-order valence-corrected chi connectivity index (χ3v) is 5.06. The van der Waals surface area contributed by atoms with E-state index in [9.17, 15) is 18.1 Å². The van der Waals surface area contributed by atoms with Gasteiger partial charge in [0.25, 0.3) is 10.1 Å². The monoisotopic (exact) mass is 364 g/mol. The molecule has 0 fully saturated rings. The first-order valence-corrected chi connectivity index (χ1v) is 10.2. The van der Waals surface area contributed by atoms with E-state index in [1.807, 2.05) is 0 Å². The Kier molecular flexibility index (Phi) is 13.1. The van der Waals surface area contributed by atoms with Crippen LogP contribution in [0.5, 0.6) is 5.75 Å². The normalized spacial score (nSPS) is 11.2. The summed E-state index contributed by atoms with van der Waals surface area (Å²) in [5.74, 6) is -0.223. The molecule has 0 spiro atoms. The van der Waals surface area contributed by atoms with Gasteiger partial charge in [-0.25, -0.2) is 0 Å². The molecule has 24 heavy (non-hydrogen) atoms. The smallest absolute Gasteiger partial charge is 0.872 e. The van der Waals surface area contributed by atoms with Crippen LogP contribution < -0.4 is 34.7 Å². The summed E-state index contributed by atoms with van der Waals surface area (Å²) in [4.78, 5) is -0.131. The zero-order chi connectivity index (χ0) is 17.1. The maximum atomic E-state index is 11.4. The van der Waals surface area contributed by atoms with Crippen LogP contribution in [0.2, 0.25) is 0 Å². The zero-order valence-electron chi connectivity index (χ0n) is 15.1. The second-order valence-electron chi connectivity index (χ2n) is 6.18. The molecule has 0 bridgehead atoms. The molecule has 1 rings (SSSR count). The van der Waals surface area contributed by atoms with Gasteiger partial charge in [-0.3, -0.25) is 4.55 Å². The van der Waals surface area contributed by atoms with Crippen molar-refractivity contribution in [2.75, 3.05) is 0 Å². The van der Waals surface area contributed by atoms with Gasteiger partial charge in [0.15, 0.2) is 0 Å². The van der Waals surface area contributed by atoms with Gasteiger partial charge >= 0.3 is 29.6 Å². The molecule has 1 N–H and O–H groups in total. The van der Waals surface area contributed by atoms with E-state index in [0.717, 1.165) is 19.3 Å². The van der Waals surface area contributed by atoms with Gasteiger partial charge in [-0.05, 0) is 24.5 Å². The van der Waals surface area contributed by atoms with Crippen molar-refractivity contribution < 1.29 is 47.6 Å². The summed E-state index contributed by atoms with van der Waals surface area (Å²) in [7, 11) is -4.25. The summed E-state index contributed by atoms with van der Waals surface area (Å²) >= 11 is 0. The average Bonchev–Trinajstić information content (AvgIpc) is 2.48. The number of benzene rings is 1. The molecule has 0 unspecified atom stereocenters. The van der Waals surface area contributed by atoms with Gasteiger partial charge in [0.2, 0.25) is 0 Å². The first-order chi connectivity index (χ1) is 10.9. The predicted molar refractivity (Wildman–Crippen MR) is 91.3 cm³/mol. The summed E-state index contributed by atoms with van der Waals surface area (Å²) < 4.78 is 31.8. The Labute approximate surface area is 169 Å². The Morgan fingerprint density at radius 2 is 1.42 bits per heavy atom. The van der Waals surface area contributed by atoms with E-state index in [1.54, 1.807) is 0 Å². The fourth-order valence-corrected chi connectivity index (χ4v) is 3.54. The van der Waals surface area contributed by atoms with Crippen molar-refractivity contribution in [2.24, 2.45) is 0 Å². The van der Waals surface area contributed by atoms with Crippen LogP contribution in [-0.2, 0) is 16.5 Å². The van der Waals surface area contributed by atoms with Crippen LogP contribution in [0.4, 0.5) is 0 Å². The summed E-state index contributed by atoms with van der Waals surface area (Å²) in [6.45, 7) is 2.22. The van der Waals surface area contributed by atoms with Crippen molar-refractivity contribution >= 4 is 10.1 Å². The average molecular weight is 364 g/mol. The maximum absolute atomic E-state index is 11.4. The van der Waals surface area contributed by atoms with Gasteiger partial charge in [0.05, 0.1) is 4.90 Å². The minimum atomic E-state index is -4.25. The van der Waals surface area contributed by atoms with Crippen molar-refractivity contribution in [3.05, 3.63) is 23.8 Å². The topological polar surface area (TPSA) is 77.4 Å². The van der Waals surface area contributed by atoms with E-state index in [4.69, 9.17) is 0 Å². The molecule has 0 atom stereocenters. The van der Waals surface area contributed by atoms with E-state index in [0.29, 0.717) is 12.0 Å². The van der Waals surface area contributed by atoms with Crippen molar-refractivity contribution in [1.82, 2.24) is 0 Å². The number of aryl methyl sites for hydroxylation is 1. The Morgan fingerprint density at radius 1 is 0.917 bits per heavy atom. The molecule has 0 amide bonds. The standard InChI is InChI=1S/C18H30O4S.Na/c1-2-3-4-5-6-7-8-9-10-11-12-16-15-17(19)13-14-18(16)23(20,21)22;/h13-15,19H,2-12H2,1H3,(H,20,21,22);/q;+1/p-1. The number of hydrogen-bond acceptors (Lipinski definition) is 3. The molecule has 0 radical (unpaired) electrons. The Hall–Kier alpha value is -0.0700. The fourth-order valence-electron chi connectivity index (χ4n) is 2.81. The number of rotatable bonds is 12. The molecule has 0 aliphatic rings. The van der Waals surface area contributed by atoms with Gasteiger partial charge in [-0.2, -0.15) is 8.42 Å². The molecule has 0 aromatic heterocycles. The zero-order valence-corrected chi connectivity index (χ0v) is 17.9. The Morgan fingerprint density at radius 3 is 1.92 bits per heavy atom. The van der Waals surface area contributed by atoms with E-state index >= 15 is 0 Å². The van der Waals surface area contributed by atoms with Crippen molar-refractivity contribution in [2.45, 2.75) is 82.4 Å². The first-order valence-electron chi connectivity index (χ1n) is 8.72. The molecule has 6 heteroatoms. The minimum Gasteiger partial charge on any atom is -0.872 e. The molecule has 1 aromatic rings. The summed E-state index contributed by atoms with van der Waals surface area (Å²) in [6.07, 6.45) is 12.5. The van der Waals surface area contributed by atoms with Crippen LogP contribution in [-0.4, -0.2) is 13.0 Å². The molecule has 0 aliphatic heterocycles.